The second kappa shape index (κ2) is 4.96. The summed E-state index contributed by atoms with van der Waals surface area (Å²) in [6.45, 7) is 9.96. The van der Waals surface area contributed by atoms with Crippen LogP contribution in [0.1, 0.15) is 33.6 Å². The van der Waals surface area contributed by atoms with Crippen molar-refractivity contribution in [3.63, 3.8) is 0 Å². The van der Waals surface area contributed by atoms with E-state index in [9.17, 15) is 0 Å². The van der Waals surface area contributed by atoms with Gasteiger partial charge in [0.05, 0.1) is 12.5 Å². The van der Waals surface area contributed by atoms with Crippen LogP contribution in [0.25, 0.3) is 0 Å². The first-order valence-corrected chi connectivity index (χ1v) is 5.83. The van der Waals surface area contributed by atoms with E-state index in [0.717, 1.165) is 19.6 Å². The predicted octanol–water partition coefficient (Wildman–Crippen LogP) is 1.70. The van der Waals surface area contributed by atoms with E-state index in [-0.39, 0.29) is 5.54 Å². The van der Waals surface area contributed by atoms with Gasteiger partial charge in [-0.2, -0.15) is 5.26 Å². The van der Waals surface area contributed by atoms with Crippen LogP contribution in [0.2, 0.25) is 0 Å². The molecule has 3 nitrogen and oxygen atoms in total. The van der Waals surface area contributed by atoms with Gasteiger partial charge in [-0.05, 0) is 33.9 Å². The van der Waals surface area contributed by atoms with E-state index < -0.39 is 0 Å². The van der Waals surface area contributed by atoms with Crippen LogP contribution >= 0.6 is 0 Å². The molecule has 1 fully saturated rings. The third-order valence-electron chi connectivity index (χ3n) is 3.46. The molecule has 0 N–H and O–H groups in total. The normalized spacial score (nSPS) is 27.5. The van der Waals surface area contributed by atoms with Gasteiger partial charge in [-0.15, -0.1) is 0 Å². The van der Waals surface area contributed by atoms with Crippen molar-refractivity contribution in [1.82, 2.24) is 9.80 Å². The zero-order valence-corrected chi connectivity index (χ0v) is 10.5. The maximum atomic E-state index is 8.83. The van der Waals surface area contributed by atoms with Crippen molar-refractivity contribution >= 4 is 0 Å². The van der Waals surface area contributed by atoms with E-state index in [1.54, 1.807) is 0 Å². The molecular formula is C12H23N3. The van der Waals surface area contributed by atoms with Crippen molar-refractivity contribution < 1.29 is 0 Å². The first-order chi connectivity index (χ1) is 7.01. The van der Waals surface area contributed by atoms with E-state index in [1.807, 2.05) is 0 Å². The van der Waals surface area contributed by atoms with Crippen LogP contribution in [-0.2, 0) is 0 Å². The molecule has 1 saturated heterocycles. The summed E-state index contributed by atoms with van der Waals surface area (Å²) in [6.07, 6.45) is 1.82. The minimum Gasteiger partial charge on any atom is -0.298 e. The molecule has 1 rings (SSSR count). The van der Waals surface area contributed by atoms with Gasteiger partial charge in [0.25, 0.3) is 0 Å². The second-order valence-electron chi connectivity index (χ2n) is 5.18. The quantitative estimate of drug-likeness (QED) is 0.709. The summed E-state index contributed by atoms with van der Waals surface area (Å²) >= 11 is 0. The van der Waals surface area contributed by atoms with E-state index in [4.69, 9.17) is 5.26 Å². The summed E-state index contributed by atoms with van der Waals surface area (Å²) in [5.74, 6) is 0. The molecule has 0 amide bonds. The lowest BCUT2D eigenvalue weighted by molar-refractivity contribution is 0.000568. The minimum absolute atomic E-state index is 0.237. The van der Waals surface area contributed by atoms with Gasteiger partial charge in [-0.3, -0.25) is 9.80 Å². The number of nitrogens with zero attached hydrogens (tertiary/aromatic N) is 3. The zero-order valence-electron chi connectivity index (χ0n) is 10.5. The highest BCUT2D eigenvalue weighted by molar-refractivity contribution is 4.96. The molecule has 0 aliphatic carbocycles. The van der Waals surface area contributed by atoms with Gasteiger partial charge in [-0.25, -0.2) is 0 Å². The maximum Gasteiger partial charge on any atom is 0.0638 e. The Morgan fingerprint density at radius 3 is 2.67 bits per heavy atom. The molecule has 0 aromatic carbocycles. The number of hydrogen-bond donors (Lipinski definition) is 0. The van der Waals surface area contributed by atoms with Crippen LogP contribution in [-0.4, -0.2) is 48.1 Å². The van der Waals surface area contributed by atoms with Gasteiger partial charge in [0.15, 0.2) is 0 Å². The largest absolute Gasteiger partial charge is 0.298 e. The van der Waals surface area contributed by atoms with Crippen molar-refractivity contribution in [2.24, 2.45) is 0 Å². The standard InChI is InChI=1S/C12H23N3/c1-5-8-15-10-12(2,3)14(4)9-11(15)6-7-13/h11H,5-6,8-10H2,1-4H3. The fraction of sp³-hybridized carbons (Fsp3) is 0.917. The van der Waals surface area contributed by atoms with Crippen molar-refractivity contribution in [3.8, 4) is 6.07 Å². The molecule has 86 valence electrons. The number of piperazine rings is 1. The Morgan fingerprint density at radius 2 is 2.13 bits per heavy atom. The highest BCUT2D eigenvalue weighted by Crippen LogP contribution is 2.24. The zero-order chi connectivity index (χ0) is 11.5. The molecule has 0 saturated carbocycles. The van der Waals surface area contributed by atoms with Crippen molar-refractivity contribution in [2.75, 3.05) is 26.7 Å². The Morgan fingerprint density at radius 1 is 1.47 bits per heavy atom. The number of nitriles is 1. The summed E-state index contributed by atoms with van der Waals surface area (Å²) < 4.78 is 0. The van der Waals surface area contributed by atoms with Crippen LogP contribution in [0.5, 0.6) is 0 Å². The highest BCUT2D eigenvalue weighted by Gasteiger charge is 2.35. The predicted molar refractivity (Wildman–Crippen MR) is 62.6 cm³/mol. The van der Waals surface area contributed by atoms with Gasteiger partial charge in [0, 0.05) is 24.7 Å². The molecule has 1 atom stereocenters. The average Bonchev–Trinajstić information content (AvgIpc) is 2.14. The highest BCUT2D eigenvalue weighted by atomic mass is 15.3. The fourth-order valence-corrected chi connectivity index (χ4v) is 2.27. The molecule has 1 aliphatic rings. The Bertz CT molecular complexity index is 242. The molecule has 0 spiro atoms. The summed E-state index contributed by atoms with van der Waals surface area (Å²) in [5, 5.41) is 8.83. The summed E-state index contributed by atoms with van der Waals surface area (Å²) in [7, 11) is 2.16. The van der Waals surface area contributed by atoms with E-state index in [0.29, 0.717) is 12.5 Å². The summed E-state index contributed by atoms with van der Waals surface area (Å²) in [4.78, 5) is 4.85. The molecule has 1 unspecified atom stereocenters. The minimum atomic E-state index is 0.237. The molecule has 0 aromatic rings. The lowest BCUT2D eigenvalue weighted by atomic mass is 9.95. The number of likely N-dealkylation sites (N-methyl/N-ethyl adjacent to an activating group) is 1. The lowest BCUT2D eigenvalue weighted by Crippen LogP contribution is -2.61. The van der Waals surface area contributed by atoms with Gasteiger partial charge in [0.2, 0.25) is 0 Å². The first-order valence-electron chi connectivity index (χ1n) is 5.83. The topological polar surface area (TPSA) is 30.3 Å². The van der Waals surface area contributed by atoms with Gasteiger partial charge < -0.3 is 0 Å². The second-order valence-corrected chi connectivity index (χ2v) is 5.18. The Balaban J connectivity index is 2.68. The smallest absolute Gasteiger partial charge is 0.0638 e. The van der Waals surface area contributed by atoms with Gasteiger partial charge in [-0.1, -0.05) is 6.92 Å². The summed E-state index contributed by atoms with van der Waals surface area (Å²) in [6, 6.07) is 2.73. The van der Waals surface area contributed by atoms with Crippen LogP contribution in [0.3, 0.4) is 0 Å². The van der Waals surface area contributed by atoms with Crippen LogP contribution < -0.4 is 0 Å². The molecule has 0 bridgehead atoms. The Labute approximate surface area is 93.7 Å². The fourth-order valence-electron chi connectivity index (χ4n) is 2.27. The molecule has 15 heavy (non-hydrogen) atoms. The van der Waals surface area contributed by atoms with Crippen molar-refractivity contribution in [3.05, 3.63) is 0 Å². The first kappa shape index (κ1) is 12.5. The SMILES string of the molecule is CCCN1CC(C)(C)N(C)CC1CC#N. The third-order valence-corrected chi connectivity index (χ3v) is 3.46. The molecule has 0 radical (unpaired) electrons. The molecule has 0 aromatic heterocycles. The maximum absolute atomic E-state index is 8.83. The van der Waals surface area contributed by atoms with E-state index in [1.165, 1.54) is 6.42 Å². The van der Waals surface area contributed by atoms with Crippen LogP contribution in [0, 0.1) is 11.3 Å². The monoisotopic (exact) mass is 209 g/mol. The van der Waals surface area contributed by atoms with Crippen LogP contribution in [0.15, 0.2) is 0 Å². The van der Waals surface area contributed by atoms with Crippen molar-refractivity contribution in [2.45, 2.75) is 45.2 Å². The van der Waals surface area contributed by atoms with Crippen molar-refractivity contribution in [1.29, 1.82) is 5.26 Å². The average molecular weight is 209 g/mol. The summed E-state index contributed by atoms with van der Waals surface area (Å²) in [5.41, 5.74) is 0.237. The molecular weight excluding hydrogens is 186 g/mol. The third kappa shape index (κ3) is 2.93. The van der Waals surface area contributed by atoms with E-state index in [2.05, 4.69) is 43.7 Å². The van der Waals surface area contributed by atoms with Gasteiger partial charge >= 0.3 is 0 Å². The van der Waals surface area contributed by atoms with Crippen LogP contribution in [0.4, 0.5) is 0 Å². The number of hydrogen-bond acceptors (Lipinski definition) is 3. The molecule has 1 heterocycles. The number of rotatable bonds is 3. The molecule has 3 heteroatoms. The lowest BCUT2D eigenvalue weighted by Gasteiger charge is -2.49. The molecule has 1 aliphatic heterocycles. The van der Waals surface area contributed by atoms with E-state index >= 15 is 0 Å². The van der Waals surface area contributed by atoms with Gasteiger partial charge in [0.1, 0.15) is 0 Å². The Hall–Kier alpha value is -0.590. The Kier molecular flexibility index (Phi) is 4.12.